The second-order valence-corrected chi connectivity index (χ2v) is 5.90. The number of pyridine rings is 1. The smallest absolute Gasteiger partial charge is 0.257 e. The van der Waals surface area contributed by atoms with Crippen molar-refractivity contribution in [3.8, 4) is 0 Å². The zero-order valence-corrected chi connectivity index (χ0v) is 13.0. The Labute approximate surface area is 131 Å². The molecule has 116 valence electrons. The van der Waals surface area contributed by atoms with Gasteiger partial charge in [-0.05, 0) is 57.2 Å². The van der Waals surface area contributed by atoms with Gasteiger partial charge in [0.15, 0.2) is 0 Å². The fraction of sp³-hybridized carbons (Fsp3) is 0.444. The summed E-state index contributed by atoms with van der Waals surface area (Å²) in [4.78, 5) is 19.2. The van der Waals surface area contributed by atoms with E-state index in [0.29, 0.717) is 17.4 Å². The lowest BCUT2D eigenvalue weighted by atomic mass is 9.96. The van der Waals surface area contributed by atoms with Crippen LogP contribution >= 0.6 is 0 Å². The molecule has 3 rings (SSSR count). The van der Waals surface area contributed by atoms with Crippen molar-refractivity contribution >= 4 is 5.91 Å². The van der Waals surface area contributed by atoms with Crippen LogP contribution in [0.5, 0.6) is 0 Å². The molecule has 1 unspecified atom stereocenters. The summed E-state index contributed by atoms with van der Waals surface area (Å²) in [6, 6.07) is 8.08. The van der Waals surface area contributed by atoms with Crippen molar-refractivity contribution in [2.75, 3.05) is 6.54 Å². The van der Waals surface area contributed by atoms with Crippen LogP contribution in [0.3, 0.4) is 0 Å². The van der Waals surface area contributed by atoms with Crippen LogP contribution < -0.4 is 0 Å². The van der Waals surface area contributed by atoms with E-state index in [-0.39, 0.29) is 5.91 Å². The summed E-state index contributed by atoms with van der Waals surface area (Å²) in [5, 5.41) is 0. The first-order valence-corrected chi connectivity index (χ1v) is 8.00. The Morgan fingerprint density at radius 2 is 2.27 bits per heavy atom. The molecule has 0 radical (unpaired) electrons. The van der Waals surface area contributed by atoms with Crippen LogP contribution in [0.1, 0.15) is 47.5 Å². The summed E-state index contributed by atoms with van der Waals surface area (Å²) in [5.41, 5.74) is 1.80. The Morgan fingerprint density at radius 1 is 1.36 bits per heavy atom. The third-order valence-corrected chi connectivity index (χ3v) is 4.44. The van der Waals surface area contributed by atoms with Crippen LogP contribution in [0.2, 0.25) is 0 Å². The van der Waals surface area contributed by atoms with E-state index in [9.17, 15) is 4.79 Å². The highest BCUT2D eigenvalue weighted by atomic mass is 16.3. The van der Waals surface area contributed by atoms with Gasteiger partial charge in [0, 0.05) is 24.5 Å². The number of aromatic nitrogens is 1. The van der Waals surface area contributed by atoms with Gasteiger partial charge in [-0.15, -0.1) is 0 Å². The Hall–Kier alpha value is -2.10. The van der Waals surface area contributed by atoms with Gasteiger partial charge in [-0.2, -0.15) is 0 Å². The number of hydrogen-bond donors (Lipinski definition) is 0. The summed E-state index contributed by atoms with van der Waals surface area (Å²) < 4.78 is 5.28. The third kappa shape index (κ3) is 3.21. The quantitative estimate of drug-likeness (QED) is 0.866. The second kappa shape index (κ2) is 6.77. The summed E-state index contributed by atoms with van der Waals surface area (Å²) in [5.74, 6) is 0.816. The molecule has 4 heteroatoms. The van der Waals surface area contributed by atoms with Crippen LogP contribution in [0.25, 0.3) is 0 Å². The number of carbonyl (C=O) groups is 1. The van der Waals surface area contributed by atoms with E-state index < -0.39 is 0 Å². The molecule has 0 aromatic carbocycles. The molecule has 0 bridgehead atoms. The number of rotatable bonds is 4. The SMILES string of the molecule is Cc1occc1C(=O)N1CCCCC1CCc1ccccn1. The highest BCUT2D eigenvalue weighted by Crippen LogP contribution is 2.24. The maximum Gasteiger partial charge on any atom is 0.257 e. The van der Waals surface area contributed by atoms with E-state index in [1.165, 1.54) is 6.42 Å². The molecule has 2 aromatic heterocycles. The zero-order chi connectivity index (χ0) is 15.4. The molecule has 1 saturated heterocycles. The second-order valence-electron chi connectivity index (χ2n) is 5.90. The van der Waals surface area contributed by atoms with Crippen molar-refractivity contribution in [3.05, 3.63) is 53.7 Å². The predicted octanol–water partition coefficient (Wildman–Crippen LogP) is 3.61. The van der Waals surface area contributed by atoms with Crippen molar-refractivity contribution in [1.82, 2.24) is 9.88 Å². The van der Waals surface area contributed by atoms with Crippen molar-refractivity contribution < 1.29 is 9.21 Å². The lowest BCUT2D eigenvalue weighted by Gasteiger charge is -2.35. The summed E-state index contributed by atoms with van der Waals surface area (Å²) >= 11 is 0. The number of amides is 1. The maximum absolute atomic E-state index is 12.8. The van der Waals surface area contributed by atoms with Crippen molar-refractivity contribution in [2.45, 2.75) is 45.1 Å². The number of hydrogen-bond acceptors (Lipinski definition) is 3. The molecule has 2 aromatic rings. The molecule has 1 amide bonds. The average molecular weight is 298 g/mol. The molecule has 0 aliphatic carbocycles. The summed E-state index contributed by atoms with van der Waals surface area (Å²) in [6.45, 7) is 2.69. The van der Waals surface area contributed by atoms with Crippen LogP contribution in [-0.4, -0.2) is 28.4 Å². The summed E-state index contributed by atoms with van der Waals surface area (Å²) in [7, 11) is 0. The van der Waals surface area contributed by atoms with Crippen molar-refractivity contribution in [2.24, 2.45) is 0 Å². The number of furan rings is 1. The van der Waals surface area contributed by atoms with Gasteiger partial charge in [0.1, 0.15) is 5.76 Å². The molecule has 0 saturated carbocycles. The minimum absolute atomic E-state index is 0.108. The lowest BCUT2D eigenvalue weighted by molar-refractivity contribution is 0.0600. The van der Waals surface area contributed by atoms with Gasteiger partial charge in [-0.3, -0.25) is 9.78 Å². The van der Waals surface area contributed by atoms with Gasteiger partial charge >= 0.3 is 0 Å². The van der Waals surface area contributed by atoms with Gasteiger partial charge in [0.05, 0.1) is 11.8 Å². The molecule has 4 nitrogen and oxygen atoms in total. The van der Waals surface area contributed by atoms with Crippen LogP contribution in [0, 0.1) is 6.92 Å². The van der Waals surface area contributed by atoms with Gasteiger partial charge < -0.3 is 9.32 Å². The standard InChI is InChI=1S/C18H22N2O2/c1-14-17(10-13-22-14)18(21)20-12-5-3-7-16(20)9-8-15-6-2-4-11-19-15/h2,4,6,10-11,13,16H,3,5,7-9,12H2,1H3. The van der Waals surface area contributed by atoms with Gasteiger partial charge in [-0.25, -0.2) is 0 Å². The number of piperidine rings is 1. The Morgan fingerprint density at radius 3 is 3.00 bits per heavy atom. The fourth-order valence-electron chi connectivity index (χ4n) is 3.19. The van der Waals surface area contributed by atoms with E-state index in [2.05, 4.69) is 11.1 Å². The van der Waals surface area contributed by atoms with Gasteiger partial charge in [0.2, 0.25) is 0 Å². The number of carbonyl (C=O) groups excluding carboxylic acids is 1. The summed E-state index contributed by atoms with van der Waals surface area (Å²) in [6.07, 6.45) is 8.67. The first-order chi connectivity index (χ1) is 10.8. The van der Waals surface area contributed by atoms with Crippen LogP contribution in [-0.2, 0) is 6.42 Å². The molecule has 22 heavy (non-hydrogen) atoms. The molecular formula is C18H22N2O2. The average Bonchev–Trinajstić information content (AvgIpc) is 2.99. The van der Waals surface area contributed by atoms with Crippen LogP contribution in [0.15, 0.2) is 41.1 Å². The molecule has 1 fully saturated rings. The van der Waals surface area contributed by atoms with Gasteiger partial charge in [-0.1, -0.05) is 6.07 Å². The van der Waals surface area contributed by atoms with E-state index in [1.807, 2.05) is 30.2 Å². The highest BCUT2D eigenvalue weighted by molar-refractivity contribution is 5.95. The Bertz CT molecular complexity index is 621. The van der Waals surface area contributed by atoms with Gasteiger partial charge in [0.25, 0.3) is 5.91 Å². The molecule has 1 aliphatic heterocycles. The van der Waals surface area contributed by atoms with Crippen LogP contribution in [0.4, 0.5) is 0 Å². The predicted molar refractivity (Wildman–Crippen MR) is 84.7 cm³/mol. The molecule has 0 spiro atoms. The number of likely N-dealkylation sites (tertiary alicyclic amines) is 1. The molecular weight excluding hydrogens is 276 g/mol. The third-order valence-electron chi connectivity index (χ3n) is 4.44. The van der Waals surface area contributed by atoms with E-state index in [4.69, 9.17) is 4.42 Å². The first-order valence-electron chi connectivity index (χ1n) is 8.00. The van der Waals surface area contributed by atoms with E-state index >= 15 is 0 Å². The monoisotopic (exact) mass is 298 g/mol. The zero-order valence-electron chi connectivity index (χ0n) is 13.0. The Kier molecular flexibility index (Phi) is 4.56. The molecule has 3 heterocycles. The maximum atomic E-state index is 12.8. The van der Waals surface area contributed by atoms with E-state index in [1.54, 1.807) is 12.3 Å². The van der Waals surface area contributed by atoms with Crippen molar-refractivity contribution in [3.63, 3.8) is 0 Å². The lowest BCUT2D eigenvalue weighted by Crippen LogP contribution is -2.44. The van der Waals surface area contributed by atoms with E-state index in [0.717, 1.165) is 37.9 Å². The molecule has 1 aliphatic rings. The molecule has 1 atom stereocenters. The first kappa shape index (κ1) is 14.8. The fourth-order valence-corrected chi connectivity index (χ4v) is 3.19. The largest absolute Gasteiger partial charge is 0.469 e. The number of nitrogens with zero attached hydrogens (tertiary/aromatic N) is 2. The van der Waals surface area contributed by atoms with Crippen molar-refractivity contribution in [1.29, 1.82) is 0 Å². The minimum Gasteiger partial charge on any atom is -0.469 e. The normalized spacial score (nSPS) is 18.4. The highest BCUT2D eigenvalue weighted by Gasteiger charge is 2.28. The minimum atomic E-state index is 0.108. The number of aryl methyl sites for hydroxylation is 2. The Balaban J connectivity index is 1.69. The molecule has 0 N–H and O–H groups in total. The topological polar surface area (TPSA) is 46.3 Å².